The first-order chi connectivity index (χ1) is 12.8. The second-order valence-electron chi connectivity index (χ2n) is 6.43. The van der Waals surface area contributed by atoms with E-state index in [9.17, 15) is 19.6 Å². The van der Waals surface area contributed by atoms with Gasteiger partial charge in [0.25, 0.3) is 5.91 Å². The molecule has 0 unspecified atom stereocenters. The number of hydrogen-bond donors (Lipinski definition) is 3. The number of nitrogens with zero attached hydrogens (tertiary/aromatic N) is 1. The lowest BCUT2D eigenvalue weighted by Crippen LogP contribution is -2.46. The molecule has 1 aliphatic rings. The Hall–Kier alpha value is -2.79. The molecule has 1 atom stereocenters. The predicted molar refractivity (Wildman–Crippen MR) is 97.4 cm³/mol. The van der Waals surface area contributed by atoms with Crippen LogP contribution in [0.2, 0.25) is 5.02 Å². The van der Waals surface area contributed by atoms with E-state index in [2.05, 4.69) is 16.7 Å². The van der Waals surface area contributed by atoms with E-state index in [4.69, 9.17) is 22.1 Å². The molecular weight excluding hydrogens is 372 g/mol. The Morgan fingerprint density at radius 3 is 2.44 bits per heavy atom. The molecule has 0 saturated heterocycles. The van der Waals surface area contributed by atoms with Crippen molar-refractivity contribution in [3.63, 3.8) is 0 Å². The Kier molecular flexibility index (Phi) is 7.02. The highest BCUT2D eigenvalue weighted by Crippen LogP contribution is 2.28. The number of nitrogens with two attached hydrogens (primary N) is 1. The molecule has 8 nitrogen and oxygen atoms in total. The molecule has 0 spiro atoms. The molecule has 1 fully saturated rings. The maximum atomic E-state index is 12.1. The molecular formula is C18H21ClN4O4. The van der Waals surface area contributed by atoms with Crippen LogP contribution in [-0.2, 0) is 14.3 Å². The van der Waals surface area contributed by atoms with E-state index in [-0.39, 0.29) is 6.42 Å². The summed E-state index contributed by atoms with van der Waals surface area (Å²) in [4.78, 5) is 35.3. The minimum absolute atomic E-state index is 0.207. The summed E-state index contributed by atoms with van der Waals surface area (Å²) in [5, 5.41) is 14.9. The fourth-order valence-corrected chi connectivity index (χ4v) is 3.16. The molecule has 9 heteroatoms. The normalized spacial score (nSPS) is 16.0. The van der Waals surface area contributed by atoms with Gasteiger partial charge in [-0.1, -0.05) is 23.7 Å². The molecule has 0 bridgehead atoms. The second-order valence-corrected chi connectivity index (χ2v) is 6.86. The molecule has 1 saturated carbocycles. The smallest absolute Gasteiger partial charge is 0.312 e. The molecule has 1 aliphatic carbocycles. The number of carbonyl (C=O) groups is 3. The highest BCUT2D eigenvalue weighted by Gasteiger charge is 2.35. The zero-order chi connectivity index (χ0) is 19.9. The Labute approximate surface area is 162 Å². The number of carbonyl (C=O) groups excluding carboxylic acids is 3. The molecule has 4 N–H and O–H groups in total. The van der Waals surface area contributed by atoms with E-state index in [1.54, 1.807) is 24.3 Å². The maximum Gasteiger partial charge on any atom is 0.312 e. The van der Waals surface area contributed by atoms with Gasteiger partial charge in [-0.15, -0.1) is 0 Å². The molecule has 2 rings (SSSR count). The van der Waals surface area contributed by atoms with Crippen molar-refractivity contribution in [2.24, 2.45) is 5.73 Å². The van der Waals surface area contributed by atoms with E-state index in [0.29, 0.717) is 23.4 Å². The Morgan fingerprint density at radius 1 is 1.26 bits per heavy atom. The van der Waals surface area contributed by atoms with E-state index in [1.807, 2.05) is 0 Å². The van der Waals surface area contributed by atoms with Gasteiger partial charge in [0.2, 0.25) is 0 Å². The topological polar surface area (TPSA) is 134 Å². The monoisotopic (exact) mass is 392 g/mol. The standard InChI is InChI=1S/C18H21ClN4O4/c19-13-5-3-12(4-6-13)14(22-17(21)26)9-16(25)27-10-15(24)23-18(11-20)7-1-2-8-18/h3-6,14H,1-2,7-10H2,(H,23,24)(H3,21,22,26)/t14-/m1/s1. The predicted octanol–water partition coefficient (Wildman–Crippen LogP) is 1.94. The van der Waals surface area contributed by atoms with Gasteiger partial charge in [-0.2, -0.15) is 5.26 Å². The lowest BCUT2D eigenvalue weighted by molar-refractivity contribution is -0.149. The summed E-state index contributed by atoms with van der Waals surface area (Å²) in [7, 11) is 0. The van der Waals surface area contributed by atoms with Gasteiger partial charge < -0.3 is 21.1 Å². The van der Waals surface area contributed by atoms with Gasteiger partial charge in [0.15, 0.2) is 6.61 Å². The van der Waals surface area contributed by atoms with Crippen molar-refractivity contribution in [2.45, 2.75) is 43.7 Å². The fourth-order valence-electron chi connectivity index (χ4n) is 3.04. The molecule has 3 amide bonds. The molecule has 0 radical (unpaired) electrons. The summed E-state index contributed by atoms with van der Waals surface area (Å²) in [5.74, 6) is -1.21. The van der Waals surface area contributed by atoms with Crippen molar-refractivity contribution in [1.82, 2.24) is 10.6 Å². The van der Waals surface area contributed by atoms with Gasteiger partial charge >= 0.3 is 12.0 Å². The largest absolute Gasteiger partial charge is 0.456 e. The summed E-state index contributed by atoms with van der Waals surface area (Å²) in [6.45, 7) is -0.494. The lowest BCUT2D eigenvalue weighted by Gasteiger charge is -2.22. The van der Waals surface area contributed by atoms with Gasteiger partial charge in [0, 0.05) is 5.02 Å². The minimum Gasteiger partial charge on any atom is -0.456 e. The average Bonchev–Trinajstić information content (AvgIpc) is 3.08. The lowest BCUT2D eigenvalue weighted by atomic mass is 10.00. The number of primary amides is 1. The van der Waals surface area contributed by atoms with E-state index in [1.165, 1.54) is 0 Å². The number of rotatable bonds is 7. The van der Waals surface area contributed by atoms with Crippen molar-refractivity contribution in [1.29, 1.82) is 5.26 Å². The molecule has 1 aromatic rings. The SMILES string of the molecule is N#CC1(NC(=O)COC(=O)C[C@@H](NC(N)=O)c2ccc(Cl)cc2)CCCC1. The van der Waals surface area contributed by atoms with E-state index in [0.717, 1.165) is 12.8 Å². The van der Waals surface area contributed by atoms with Crippen LogP contribution in [-0.4, -0.2) is 30.1 Å². The van der Waals surface area contributed by atoms with Gasteiger partial charge in [0.05, 0.1) is 18.5 Å². The van der Waals surface area contributed by atoms with E-state index < -0.39 is 36.1 Å². The Bertz CT molecular complexity index is 739. The molecule has 0 aliphatic heterocycles. The first-order valence-electron chi connectivity index (χ1n) is 8.53. The highest BCUT2D eigenvalue weighted by molar-refractivity contribution is 6.30. The number of nitriles is 1. The molecule has 144 valence electrons. The fraction of sp³-hybridized carbons (Fsp3) is 0.444. The molecule has 0 aromatic heterocycles. The summed E-state index contributed by atoms with van der Waals surface area (Å²) in [5.41, 5.74) is 4.90. The van der Waals surface area contributed by atoms with Crippen molar-refractivity contribution in [3.8, 4) is 6.07 Å². The third-order valence-corrected chi connectivity index (χ3v) is 4.63. The summed E-state index contributed by atoms with van der Waals surface area (Å²) >= 11 is 5.83. The summed E-state index contributed by atoms with van der Waals surface area (Å²) in [6.07, 6.45) is 2.71. The number of halogens is 1. The number of ether oxygens (including phenoxy) is 1. The number of hydrogen-bond acceptors (Lipinski definition) is 5. The summed E-state index contributed by atoms with van der Waals surface area (Å²) < 4.78 is 4.98. The van der Waals surface area contributed by atoms with Crippen molar-refractivity contribution in [2.75, 3.05) is 6.61 Å². The minimum atomic E-state index is -0.872. The van der Waals surface area contributed by atoms with Crippen LogP contribution in [0, 0.1) is 11.3 Å². The summed E-state index contributed by atoms with van der Waals surface area (Å²) in [6, 6.07) is 7.17. The van der Waals surface area contributed by atoms with Crippen LogP contribution in [0.3, 0.4) is 0 Å². The van der Waals surface area contributed by atoms with Gasteiger partial charge in [-0.3, -0.25) is 9.59 Å². The third-order valence-electron chi connectivity index (χ3n) is 4.37. The van der Waals surface area contributed by atoms with Gasteiger partial charge in [-0.25, -0.2) is 4.79 Å². The molecule has 0 heterocycles. The average molecular weight is 393 g/mol. The first kappa shape index (κ1) is 20.5. The number of nitrogens with one attached hydrogen (secondary N) is 2. The number of benzene rings is 1. The van der Waals surface area contributed by atoms with Crippen LogP contribution >= 0.6 is 11.6 Å². The third kappa shape index (κ3) is 6.15. The maximum absolute atomic E-state index is 12.1. The second kappa shape index (κ2) is 9.24. The van der Waals surface area contributed by atoms with Crippen LogP contribution in [0.15, 0.2) is 24.3 Å². The Morgan fingerprint density at radius 2 is 1.89 bits per heavy atom. The number of urea groups is 1. The van der Waals surface area contributed by atoms with Crippen molar-refractivity contribution in [3.05, 3.63) is 34.9 Å². The van der Waals surface area contributed by atoms with Crippen LogP contribution in [0.25, 0.3) is 0 Å². The molecule has 1 aromatic carbocycles. The quantitative estimate of drug-likeness (QED) is 0.609. The zero-order valence-corrected chi connectivity index (χ0v) is 15.4. The van der Waals surface area contributed by atoms with Gasteiger partial charge in [0.1, 0.15) is 5.54 Å². The van der Waals surface area contributed by atoms with Crippen LogP contribution in [0.4, 0.5) is 4.79 Å². The highest BCUT2D eigenvalue weighted by atomic mass is 35.5. The number of esters is 1. The van der Waals surface area contributed by atoms with Crippen molar-refractivity contribution >= 4 is 29.5 Å². The molecule has 27 heavy (non-hydrogen) atoms. The van der Waals surface area contributed by atoms with E-state index >= 15 is 0 Å². The zero-order valence-electron chi connectivity index (χ0n) is 14.7. The van der Waals surface area contributed by atoms with Crippen molar-refractivity contribution < 1.29 is 19.1 Å². The van der Waals surface area contributed by atoms with Crippen LogP contribution in [0.5, 0.6) is 0 Å². The first-order valence-corrected chi connectivity index (χ1v) is 8.91. The van der Waals surface area contributed by atoms with Crippen LogP contribution < -0.4 is 16.4 Å². The Balaban J connectivity index is 1.89. The van der Waals surface area contributed by atoms with Gasteiger partial charge in [-0.05, 0) is 43.4 Å². The number of amides is 3. The van der Waals surface area contributed by atoms with Crippen LogP contribution in [0.1, 0.15) is 43.7 Å².